The first-order chi connectivity index (χ1) is 14.0. The Bertz CT molecular complexity index is 1120. The molecule has 7 heteroatoms. The van der Waals surface area contributed by atoms with Crippen molar-refractivity contribution < 1.29 is 0 Å². The van der Waals surface area contributed by atoms with Crippen LogP contribution in [-0.4, -0.2) is 40.7 Å². The molecule has 1 N–H and O–H groups in total. The number of piperidine rings is 1. The lowest BCUT2D eigenvalue weighted by Gasteiger charge is -2.17. The molecule has 2 aromatic heterocycles. The quantitative estimate of drug-likeness (QED) is 0.656. The van der Waals surface area contributed by atoms with Gasteiger partial charge in [-0.05, 0) is 62.6 Å². The summed E-state index contributed by atoms with van der Waals surface area (Å²) in [5.41, 5.74) is 5.97. The number of nitrogens with one attached hydrogen (secondary N) is 1. The molecule has 0 bridgehead atoms. The minimum Gasteiger partial charge on any atom is -0.317 e. The van der Waals surface area contributed by atoms with Crippen molar-refractivity contribution in [2.75, 3.05) is 13.1 Å². The fourth-order valence-electron chi connectivity index (χ4n) is 3.73. The molecule has 3 aromatic rings. The Morgan fingerprint density at radius 2 is 2.03 bits per heavy atom. The van der Waals surface area contributed by atoms with Crippen LogP contribution in [0.15, 0.2) is 35.6 Å². The second-order valence-electron chi connectivity index (χ2n) is 7.83. The van der Waals surface area contributed by atoms with Crippen molar-refractivity contribution in [1.29, 1.82) is 5.26 Å². The smallest absolute Gasteiger partial charge is 0.213 e. The number of hydrogen-bond donors (Lipinski definition) is 1. The zero-order valence-corrected chi connectivity index (χ0v) is 17.1. The minimum atomic E-state index is 0.562. The van der Waals surface area contributed by atoms with Gasteiger partial charge < -0.3 is 5.32 Å². The summed E-state index contributed by atoms with van der Waals surface area (Å²) >= 11 is 0. The third-order valence-electron chi connectivity index (χ3n) is 5.34. The van der Waals surface area contributed by atoms with Crippen LogP contribution in [0.5, 0.6) is 0 Å². The monoisotopic (exact) mass is 383 g/mol. The number of aryl methyl sites for hydroxylation is 1. The number of hydrogen-bond acceptors (Lipinski definition) is 5. The highest BCUT2D eigenvalue weighted by atomic mass is 15.2. The van der Waals surface area contributed by atoms with Crippen molar-refractivity contribution >= 4 is 34.9 Å². The van der Waals surface area contributed by atoms with Gasteiger partial charge >= 0.3 is 0 Å². The van der Waals surface area contributed by atoms with Crippen molar-refractivity contribution in [3.63, 3.8) is 0 Å². The van der Waals surface area contributed by atoms with E-state index in [4.69, 9.17) is 0 Å². The Hall–Kier alpha value is -2.98. The Kier molecular flexibility index (Phi) is 5.46. The third kappa shape index (κ3) is 4.23. The van der Waals surface area contributed by atoms with Crippen LogP contribution in [0.1, 0.15) is 32.3 Å². The Labute approximate surface area is 171 Å². The van der Waals surface area contributed by atoms with Crippen LogP contribution in [0.3, 0.4) is 0 Å². The molecule has 0 spiro atoms. The Balaban J connectivity index is 0.000000249. The number of benzene rings is 1. The third-order valence-corrected chi connectivity index (χ3v) is 5.34. The van der Waals surface area contributed by atoms with Crippen LogP contribution >= 0.6 is 0 Å². The number of pyridine rings is 1. The molecule has 1 aromatic carbocycles. The highest BCUT2D eigenvalue weighted by Gasteiger charge is 2.16. The zero-order chi connectivity index (χ0) is 20.4. The second kappa shape index (κ2) is 8.18. The normalized spacial score (nSPS) is 15.7. The molecule has 1 fully saturated rings. The SMILES string of the molecule is CC1=Nc2cnc(-c3cc(C#N)c4nn(C)cc4c3)cc2[B]1.CC1CCNCC1. The number of rotatable bonds is 1. The molecule has 5 rings (SSSR count). The second-order valence-corrected chi connectivity index (χ2v) is 7.83. The molecule has 0 atom stereocenters. The predicted molar refractivity (Wildman–Crippen MR) is 118 cm³/mol. The highest BCUT2D eigenvalue weighted by molar-refractivity contribution is 6.87. The predicted octanol–water partition coefficient (Wildman–Crippen LogP) is 2.91. The summed E-state index contributed by atoms with van der Waals surface area (Å²) in [6.07, 6.45) is 6.43. The topological polar surface area (TPSA) is 78.9 Å². The van der Waals surface area contributed by atoms with Gasteiger partial charge in [0.1, 0.15) is 11.6 Å². The van der Waals surface area contributed by atoms with Crippen LogP contribution < -0.4 is 10.8 Å². The molecule has 4 heterocycles. The Morgan fingerprint density at radius 1 is 1.24 bits per heavy atom. The van der Waals surface area contributed by atoms with E-state index >= 15 is 0 Å². The van der Waals surface area contributed by atoms with Gasteiger partial charge in [0.15, 0.2) is 0 Å². The molecule has 145 valence electrons. The van der Waals surface area contributed by atoms with Gasteiger partial charge in [0.05, 0.1) is 23.1 Å². The maximum atomic E-state index is 9.36. The van der Waals surface area contributed by atoms with Crippen molar-refractivity contribution in [2.45, 2.75) is 26.7 Å². The van der Waals surface area contributed by atoms with Crippen molar-refractivity contribution in [3.05, 3.63) is 36.2 Å². The lowest BCUT2D eigenvalue weighted by atomic mass is 9.68. The van der Waals surface area contributed by atoms with Gasteiger partial charge in [0, 0.05) is 24.2 Å². The fraction of sp³-hybridized carbons (Fsp3) is 0.364. The first-order valence-corrected chi connectivity index (χ1v) is 10.0. The maximum absolute atomic E-state index is 9.36. The summed E-state index contributed by atoms with van der Waals surface area (Å²) in [5.74, 6) is 0.973. The van der Waals surface area contributed by atoms with Gasteiger partial charge in [-0.1, -0.05) is 12.4 Å². The molecular formula is C22H24BN6. The van der Waals surface area contributed by atoms with Gasteiger partial charge in [-0.25, -0.2) is 0 Å². The number of nitrogens with zero attached hydrogens (tertiary/aromatic N) is 5. The number of aliphatic imine (C=N–C) groups is 1. The van der Waals surface area contributed by atoms with E-state index in [1.807, 2.05) is 45.6 Å². The van der Waals surface area contributed by atoms with Crippen molar-refractivity contribution in [1.82, 2.24) is 20.1 Å². The first-order valence-electron chi connectivity index (χ1n) is 10.0. The molecule has 6 nitrogen and oxygen atoms in total. The molecule has 0 saturated carbocycles. The van der Waals surface area contributed by atoms with Gasteiger partial charge in [0.2, 0.25) is 7.28 Å². The summed E-state index contributed by atoms with van der Waals surface area (Å²) in [6.45, 7) is 6.76. The molecule has 2 aliphatic heterocycles. The van der Waals surface area contributed by atoms with Crippen LogP contribution in [-0.2, 0) is 7.05 Å². The van der Waals surface area contributed by atoms with E-state index in [0.717, 1.165) is 44.8 Å². The van der Waals surface area contributed by atoms with Crippen molar-refractivity contribution in [3.8, 4) is 17.3 Å². The average molecular weight is 383 g/mol. The molecule has 0 aliphatic carbocycles. The lowest BCUT2D eigenvalue weighted by molar-refractivity contribution is 0.402. The highest BCUT2D eigenvalue weighted by Crippen LogP contribution is 2.26. The van der Waals surface area contributed by atoms with E-state index in [1.54, 1.807) is 10.9 Å². The maximum Gasteiger partial charge on any atom is 0.213 e. The van der Waals surface area contributed by atoms with Crippen molar-refractivity contribution in [2.24, 2.45) is 18.0 Å². The van der Waals surface area contributed by atoms with E-state index in [9.17, 15) is 5.26 Å². The van der Waals surface area contributed by atoms with Gasteiger partial charge in [0.25, 0.3) is 0 Å². The fourth-order valence-corrected chi connectivity index (χ4v) is 3.73. The van der Waals surface area contributed by atoms with E-state index in [1.165, 1.54) is 25.9 Å². The van der Waals surface area contributed by atoms with E-state index in [-0.39, 0.29) is 0 Å². The standard InChI is InChI=1S/C16H11BN5.C6H13N/c1-9-17-13-5-14(19-7-15(13)20-9)10-3-11(6-18)16-12(4-10)8-22(2)21-16;1-6-2-4-7-5-3-6/h3-5,7-8H,1-2H3;6-7H,2-5H2,1H3. The average Bonchev–Trinajstić information content (AvgIpc) is 3.28. The number of fused-ring (bicyclic) bond motifs is 2. The molecule has 1 radical (unpaired) electrons. The van der Waals surface area contributed by atoms with Crippen LogP contribution in [0.4, 0.5) is 5.69 Å². The molecule has 29 heavy (non-hydrogen) atoms. The summed E-state index contributed by atoms with van der Waals surface area (Å²) in [5, 5.41) is 18.0. The summed E-state index contributed by atoms with van der Waals surface area (Å²) in [4.78, 5) is 8.89. The molecule has 0 unspecified atom stereocenters. The molecule has 0 amide bonds. The molecular weight excluding hydrogens is 359 g/mol. The van der Waals surface area contributed by atoms with E-state index < -0.39 is 0 Å². The van der Waals surface area contributed by atoms with Crippen LogP contribution in [0, 0.1) is 17.2 Å². The van der Waals surface area contributed by atoms with Gasteiger partial charge in [-0.15, -0.1) is 0 Å². The number of nitriles is 1. The van der Waals surface area contributed by atoms with Crippen LogP contribution in [0.25, 0.3) is 22.2 Å². The lowest BCUT2D eigenvalue weighted by Crippen LogP contribution is -2.26. The molecule has 2 aliphatic rings. The largest absolute Gasteiger partial charge is 0.317 e. The summed E-state index contributed by atoms with van der Waals surface area (Å²) in [6, 6.07) is 8.08. The zero-order valence-electron chi connectivity index (χ0n) is 17.1. The first kappa shape index (κ1) is 19.3. The van der Waals surface area contributed by atoms with E-state index in [0.29, 0.717) is 5.56 Å². The van der Waals surface area contributed by atoms with Gasteiger partial charge in [-0.2, -0.15) is 10.4 Å². The van der Waals surface area contributed by atoms with Crippen LogP contribution in [0.2, 0.25) is 0 Å². The molecule has 1 saturated heterocycles. The summed E-state index contributed by atoms with van der Waals surface area (Å²) in [7, 11) is 3.89. The summed E-state index contributed by atoms with van der Waals surface area (Å²) < 4.78 is 1.72. The number of aromatic nitrogens is 3. The van der Waals surface area contributed by atoms with E-state index in [2.05, 4.69) is 33.4 Å². The Morgan fingerprint density at radius 3 is 2.72 bits per heavy atom. The minimum absolute atomic E-state index is 0.562. The van der Waals surface area contributed by atoms with Gasteiger partial charge in [-0.3, -0.25) is 14.7 Å².